The van der Waals surface area contributed by atoms with E-state index in [2.05, 4.69) is 20.8 Å². The van der Waals surface area contributed by atoms with E-state index >= 15 is 0 Å². The van der Waals surface area contributed by atoms with Crippen LogP contribution in [0.5, 0.6) is 0 Å². The topological polar surface area (TPSA) is 57.2 Å². The molecule has 0 radical (unpaired) electrons. The van der Waals surface area contributed by atoms with E-state index in [1.54, 1.807) is 0 Å². The summed E-state index contributed by atoms with van der Waals surface area (Å²) in [5, 5.41) is 10.5. The summed E-state index contributed by atoms with van der Waals surface area (Å²) in [5.74, 6) is -2.11. The highest BCUT2D eigenvalue weighted by Gasteiger charge is 2.44. The minimum Gasteiger partial charge on any atom is -0.363 e. The van der Waals surface area contributed by atoms with Gasteiger partial charge >= 0.3 is 0 Å². The van der Waals surface area contributed by atoms with Crippen molar-refractivity contribution in [1.29, 1.82) is 0 Å². The molecule has 1 N–H and O–H groups in total. The van der Waals surface area contributed by atoms with Crippen molar-refractivity contribution in [2.24, 2.45) is 5.41 Å². The summed E-state index contributed by atoms with van der Waals surface area (Å²) in [5.41, 5.74) is -0.548. The average molecular weight is 344 g/mol. The fourth-order valence-electron chi connectivity index (χ4n) is 2.92. The van der Waals surface area contributed by atoms with E-state index in [0.29, 0.717) is 25.7 Å². The molecule has 0 saturated heterocycles. The first-order chi connectivity index (χ1) is 11.1. The average Bonchev–Trinajstić information content (AvgIpc) is 2.52. The molecule has 5 heteroatoms. The van der Waals surface area contributed by atoms with E-state index in [4.69, 9.17) is 19.6 Å². The summed E-state index contributed by atoms with van der Waals surface area (Å²) >= 11 is 0. The number of rotatable bonds is 6. The minimum atomic E-state index is -1.19. The van der Waals surface area contributed by atoms with Gasteiger partial charge in [-0.3, -0.25) is 0 Å². The van der Waals surface area contributed by atoms with Crippen molar-refractivity contribution in [3.63, 3.8) is 0 Å². The van der Waals surface area contributed by atoms with Crippen LogP contribution in [0.15, 0.2) is 0 Å². The van der Waals surface area contributed by atoms with Crippen molar-refractivity contribution in [3.05, 3.63) is 0 Å². The third kappa shape index (κ3) is 5.15. The van der Waals surface area contributed by atoms with E-state index < -0.39 is 17.2 Å². The molecular weight excluding hydrogens is 308 g/mol. The van der Waals surface area contributed by atoms with Gasteiger partial charge in [-0.2, -0.15) is 14.7 Å². The second kappa shape index (κ2) is 7.58. The van der Waals surface area contributed by atoms with Gasteiger partial charge in [-0.1, -0.05) is 33.6 Å². The predicted octanol–water partition coefficient (Wildman–Crippen LogP) is 5.02. The van der Waals surface area contributed by atoms with E-state index in [1.807, 2.05) is 13.8 Å². The van der Waals surface area contributed by atoms with Gasteiger partial charge in [0, 0.05) is 25.7 Å². The molecule has 0 aromatic rings. The Labute approximate surface area is 146 Å². The van der Waals surface area contributed by atoms with Crippen molar-refractivity contribution in [2.75, 3.05) is 0 Å². The van der Waals surface area contributed by atoms with Gasteiger partial charge in [-0.05, 0) is 44.9 Å². The molecule has 142 valence electrons. The maximum Gasteiger partial charge on any atom is 0.234 e. The van der Waals surface area contributed by atoms with Gasteiger partial charge in [0.2, 0.25) is 5.79 Å². The van der Waals surface area contributed by atoms with Crippen molar-refractivity contribution in [1.82, 2.24) is 0 Å². The molecule has 0 spiro atoms. The zero-order valence-electron chi connectivity index (χ0n) is 16.2. The lowest BCUT2D eigenvalue weighted by Crippen LogP contribution is -2.47. The van der Waals surface area contributed by atoms with Crippen molar-refractivity contribution in [3.8, 4) is 0 Å². The lowest BCUT2D eigenvalue weighted by atomic mass is 9.79. The molecule has 24 heavy (non-hydrogen) atoms. The molecule has 0 atom stereocenters. The smallest absolute Gasteiger partial charge is 0.234 e. The fourth-order valence-corrected chi connectivity index (χ4v) is 2.92. The molecule has 2 aliphatic rings. The second-order valence-electron chi connectivity index (χ2n) is 9.07. The van der Waals surface area contributed by atoms with Crippen LogP contribution in [-0.2, 0) is 19.6 Å². The van der Waals surface area contributed by atoms with Gasteiger partial charge in [0.25, 0.3) is 0 Å². The molecular formula is C19H36O5. The van der Waals surface area contributed by atoms with Crippen LogP contribution in [-0.4, -0.2) is 22.3 Å². The molecule has 0 heterocycles. The molecule has 0 aromatic carbocycles. The summed E-state index contributed by atoms with van der Waals surface area (Å²) in [6.45, 7) is 10.4. The van der Waals surface area contributed by atoms with E-state index in [0.717, 1.165) is 38.5 Å². The number of hydrogen-bond acceptors (Lipinski definition) is 5. The van der Waals surface area contributed by atoms with Crippen LogP contribution >= 0.6 is 0 Å². The van der Waals surface area contributed by atoms with Gasteiger partial charge in [-0.25, -0.2) is 4.89 Å². The zero-order valence-corrected chi connectivity index (χ0v) is 16.2. The molecule has 2 fully saturated rings. The van der Waals surface area contributed by atoms with Crippen LogP contribution < -0.4 is 0 Å². The Morgan fingerprint density at radius 3 is 1.67 bits per heavy atom. The SMILES string of the molecule is CC(C)(C)C(C)(C)OOC1(OOC2(O)CCCCC2)CCCCC1. The Morgan fingerprint density at radius 1 is 0.667 bits per heavy atom. The summed E-state index contributed by atoms with van der Waals surface area (Å²) in [4.78, 5) is 22.9. The highest BCUT2D eigenvalue weighted by molar-refractivity contribution is 4.83. The van der Waals surface area contributed by atoms with Crippen molar-refractivity contribution < 1.29 is 24.7 Å². The van der Waals surface area contributed by atoms with E-state index in [9.17, 15) is 5.11 Å². The van der Waals surface area contributed by atoms with Gasteiger partial charge < -0.3 is 5.11 Å². The van der Waals surface area contributed by atoms with Crippen molar-refractivity contribution in [2.45, 2.75) is 116 Å². The highest BCUT2D eigenvalue weighted by Crippen LogP contribution is 2.40. The van der Waals surface area contributed by atoms with Gasteiger partial charge in [0.15, 0.2) is 5.79 Å². The molecule has 0 aromatic heterocycles. The quantitative estimate of drug-likeness (QED) is 0.416. The third-order valence-corrected chi connectivity index (χ3v) is 5.81. The summed E-state index contributed by atoms with van der Waals surface area (Å²) in [7, 11) is 0. The maximum absolute atomic E-state index is 10.5. The lowest BCUT2D eigenvalue weighted by molar-refractivity contribution is -0.569. The van der Waals surface area contributed by atoms with Gasteiger partial charge in [-0.15, -0.1) is 0 Å². The maximum atomic E-state index is 10.5. The Balaban J connectivity index is 1.98. The Morgan fingerprint density at radius 2 is 1.17 bits per heavy atom. The summed E-state index contributed by atoms with van der Waals surface area (Å²) in [6.07, 6.45) is 8.85. The van der Waals surface area contributed by atoms with Crippen LogP contribution in [0.1, 0.15) is 98.8 Å². The third-order valence-electron chi connectivity index (χ3n) is 5.81. The molecule has 0 bridgehead atoms. The van der Waals surface area contributed by atoms with Gasteiger partial charge in [0.05, 0.1) is 0 Å². The molecule has 0 unspecified atom stereocenters. The van der Waals surface area contributed by atoms with Crippen LogP contribution in [0.3, 0.4) is 0 Å². The van der Waals surface area contributed by atoms with Crippen LogP contribution in [0, 0.1) is 5.41 Å². The fraction of sp³-hybridized carbons (Fsp3) is 1.00. The summed E-state index contributed by atoms with van der Waals surface area (Å²) in [6, 6.07) is 0. The Kier molecular flexibility index (Phi) is 6.36. The predicted molar refractivity (Wildman–Crippen MR) is 91.7 cm³/mol. The molecule has 0 amide bonds. The number of aliphatic hydroxyl groups is 1. The first kappa shape index (κ1) is 20.1. The van der Waals surface area contributed by atoms with Crippen LogP contribution in [0.25, 0.3) is 0 Å². The monoisotopic (exact) mass is 344 g/mol. The Bertz CT molecular complexity index is 387. The molecule has 2 saturated carbocycles. The summed E-state index contributed by atoms with van der Waals surface area (Å²) < 4.78 is 0. The molecule has 2 aliphatic carbocycles. The zero-order chi connectivity index (χ0) is 17.9. The van der Waals surface area contributed by atoms with Gasteiger partial charge in [0.1, 0.15) is 5.60 Å². The van der Waals surface area contributed by atoms with Crippen LogP contribution in [0.2, 0.25) is 0 Å². The molecule has 2 rings (SSSR count). The molecule has 5 nitrogen and oxygen atoms in total. The first-order valence-corrected chi connectivity index (χ1v) is 9.54. The molecule has 0 aliphatic heterocycles. The van der Waals surface area contributed by atoms with Crippen molar-refractivity contribution >= 4 is 0 Å². The normalized spacial score (nSPS) is 24.8. The lowest BCUT2D eigenvalue weighted by Gasteiger charge is -2.42. The Hall–Kier alpha value is -0.200. The number of hydrogen-bond donors (Lipinski definition) is 1. The standard InChI is InChI=1S/C19H36O5/c1-16(2,3)17(4,5)21-23-19(14-10-7-11-15-19)24-22-18(20)12-8-6-9-13-18/h20H,6-15H2,1-5H3. The highest BCUT2D eigenvalue weighted by atomic mass is 17.3. The second-order valence-corrected chi connectivity index (χ2v) is 9.07. The minimum absolute atomic E-state index is 0.0781. The van der Waals surface area contributed by atoms with E-state index in [-0.39, 0.29) is 5.41 Å². The first-order valence-electron chi connectivity index (χ1n) is 9.54. The largest absolute Gasteiger partial charge is 0.363 e. The van der Waals surface area contributed by atoms with E-state index in [1.165, 1.54) is 0 Å². The van der Waals surface area contributed by atoms with Crippen LogP contribution in [0.4, 0.5) is 0 Å².